The molecule has 5 nitrogen and oxygen atoms in total. The third-order valence-corrected chi connectivity index (χ3v) is 4.07. The molecule has 1 aliphatic carbocycles. The lowest BCUT2D eigenvalue weighted by molar-refractivity contribution is -0.141. The summed E-state index contributed by atoms with van der Waals surface area (Å²) in [6.45, 7) is 3.26. The van der Waals surface area contributed by atoms with E-state index < -0.39 is 11.5 Å². The first-order valence-electron chi connectivity index (χ1n) is 6.87. The van der Waals surface area contributed by atoms with Gasteiger partial charge >= 0.3 is 5.97 Å². The zero-order valence-electron chi connectivity index (χ0n) is 10.9. The second-order valence-electron chi connectivity index (χ2n) is 5.34. The SMILES string of the molecule is CCC1(C(=O)N(CCC(=O)O)C2CC2)CCCN1. The molecule has 2 aliphatic rings. The maximum absolute atomic E-state index is 12.7. The largest absolute Gasteiger partial charge is 0.481 e. The second kappa shape index (κ2) is 5.26. The minimum absolute atomic E-state index is 0.0437. The number of hydrogen-bond acceptors (Lipinski definition) is 3. The van der Waals surface area contributed by atoms with Crippen LogP contribution in [0.5, 0.6) is 0 Å². The normalized spacial score (nSPS) is 27.2. The Hall–Kier alpha value is -1.10. The van der Waals surface area contributed by atoms with Crippen molar-refractivity contribution in [1.29, 1.82) is 0 Å². The number of aliphatic carboxylic acids is 1. The number of carboxylic acid groups (broad SMARTS) is 1. The van der Waals surface area contributed by atoms with E-state index in [2.05, 4.69) is 5.32 Å². The molecule has 0 aromatic rings. The van der Waals surface area contributed by atoms with Gasteiger partial charge in [0.2, 0.25) is 5.91 Å². The summed E-state index contributed by atoms with van der Waals surface area (Å²) in [6.07, 6.45) is 4.76. The average molecular weight is 254 g/mol. The quantitative estimate of drug-likeness (QED) is 0.741. The van der Waals surface area contributed by atoms with Crippen molar-refractivity contribution >= 4 is 11.9 Å². The van der Waals surface area contributed by atoms with Crippen molar-refractivity contribution in [3.8, 4) is 0 Å². The van der Waals surface area contributed by atoms with Crippen molar-refractivity contribution in [3.63, 3.8) is 0 Å². The summed E-state index contributed by atoms with van der Waals surface area (Å²) < 4.78 is 0. The van der Waals surface area contributed by atoms with Gasteiger partial charge in [0.1, 0.15) is 0 Å². The van der Waals surface area contributed by atoms with Gasteiger partial charge in [-0.05, 0) is 38.6 Å². The molecule has 1 unspecified atom stereocenters. The highest BCUT2D eigenvalue weighted by atomic mass is 16.4. The fraction of sp³-hybridized carbons (Fsp3) is 0.846. The van der Waals surface area contributed by atoms with E-state index in [9.17, 15) is 9.59 Å². The van der Waals surface area contributed by atoms with Crippen molar-refractivity contribution in [3.05, 3.63) is 0 Å². The molecule has 1 atom stereocenters. The molecule has 18 heavy (non-hydrogen) atoms. The highest BCUT2D eigenvalue weighted by Gasteiger charge is 2.45. The molecule has 1 aliphatic heterocycles. The van der Waals surface area contributed by atoms with E-state index in [4.69, 9.17) is 5.11 Å². The van der Waals surface area contributed by atoms with Gasteiger partial charge in [0.25, 0.3) is 0 Å². The van der Waals surface area contributed by atoms with E-state index in [0.29, 0.717) is 6.54 Å². The standard InChI is InChI=1S/C13H22N2O3/c1-2-13(7-3-8-14-13)12(18)15(10-4-5-10)9-6-11(16)17/h10,14H,2-9H2,1H3,(H,16,17). The number of hydrogen-bond donors (Lipinski definition) is 2. The molecule has 0 spiro atoms. The maximum Gasteiger partial charge on any atom is 0.305 e. The molecule has 102 valence electrons. The van der Waals surface area contributed by atoms with Crippen molar-refractivity contribution in [2.75, 3.05) is 13.1 Å². The van der Waals surface area contributed by atoms with Gasteiger partial charge in [0, 0.05) is 12.6 Å². The third kappa shape index (κ3) is 2.66. The Labute approximate surface area is 108 Å². The first-order chi connectivity index (χ1) is 8.59. The third-order valence-electron chi connectivity index (χ3n) is 4.07. The molecule has 1 heterocycles. The Bertz CT molecular complexity index is 333. The number of rotatable bonds is 6. The number of carbonyl (C=O) groups is 2. The lowest BCUT2D eigenvalue weighted by Crippen LogP contribution is -2.55. The van der Waals surface area contributed by atoms with Crippen LogP contribution in [-0.2, 0) is 9.59 Å². The number of amides is 1. The van der Waals surface area contributed by atoms with Crippen LogP contribution in [0.3, 0.4) is 0 Å². The summed E-state index contributed by atoms with van der Waals surface area (Å²) in [4.78, 5) is 25.2. The van der Waals surface area contributed by atoms with E-state index in [1.165, 1.54) is 0 Å². The van der Waals surface area contributed by atoms with Gasteiger partial charge in [-0.1, -0.05) is 6.92 Å². The van der Waals surface area contributed by atoms with Gasteiger partial charge < -0.3 is 15.3 Å². The van der Waals surface area contributed by atoms with Crippen LogP contribution in [-0.4, -0.2) is 46.6 Å². The van der Waals surface area contributed by atoms with Gasteiger partial charge in [-0.2, -0.15) is 0 Å². The van der Waals surface area contributed by atoms with Crippen molar-refractivity contribution in [2.24, 2.45) is 0 Å². The fourth-order valence-electron chi connectivity index (χ4n) is 2.77. The fourth-order valence-corrected chi connectivity index (χ4v) is 2.77. The molecule has 1 saturated carbocycles. The zero-order valence-corrected chi connectivity index (χ0v) is 10.9. The van der Waals surface area contributed by atoms with E-state index in [1.807, 2.05) is 6.92 Å². The molecule has 0 aromatic heterocycles. The molecule has 2 N–H and O–H groups in total. The van der Waals surface area contributed by atoms with Crippen LogP contribution in [0.15, 0.2) is 0 Å². The molecule has 1 amide bonds. The van der Waals surface area contributed by atoms with Gasteiger partial charge in [-0.15, -0.1) is 0 Å². The molecule has 1 saturated heterocycles. The molecular formula is C13H22N2O3. The summed E-state index contributed by atoms with van der Waals surface area (Å²) in [6, 6.07) is 0.280. The molecule has 5 heteroatoms. The van der Waals surface area contributed by atoms with Crippen LogP contribution in [0.4, 0.5) is 0 Å². The van der Waals surface area contributed by atoms with Crippen LogP contribution in [0.25, 0.3) is 0 Å². The van der Waals surface area contributed by atoms with Crippen LogP contribution in [0.2, 0.25) is 0 Å². The summed E-state index contributed by atoms with van der Waals surface area (Å²) in [5.74, 6) is -0.718. The lowest BCUT2D eigenvalue weighted by Gasteiger charge is -2.34. The van der Waals surface area contributed by atoms with Crippen molar-refractivity contribution in [2.45, 2.75) is 57.0 Å². The molecule has 2 fully saturated rings. The van der Waals surface area contributed by atoms with E-state index in [0.717, 1.165) is 38.6 Å². The summed E-state index contributed by atoms with van der Waals surface area (Å²) >= 11 is 0. The molecule has 0 radical (unpaired) electrons. The van der Waals surface area contributed by atoms with Gasteiger partial charge in [-0.25, -0.2) is 0 Å². The molecule has 2 rings (SSSR count). The summed E-state index contributed by atoms with van der Waals surface area (Å²) in [5, 5.41) is 12.1. The van der Waals surface area contributed by atoms with Crippen molar-refractivity contribution < 1.29 is 14.7 Å². The van der Waals surface area contributed by atoms with Crippen LogP contribution in [0.1, 0.15) is 45.4 Å². The Kier molecular flexibility index (Phi) is 3.90. The first-order valence-corrected chi connectivity index (χ1v) is 6.87. The van der Waals surface area contributed by atoms with Crippen LogP contribution < -0.4 is 5.32 Å². The van der Waals surface area contributed by atoms with Gasteiger partial charge in [-0.3, -0.25) is 9.59 Å². The number of nitrogens with one attached hydrogen (secondary N) is 1. The monoisotopic (exact) mass is 254 g/mol. The Balaban J connectivity index is 2.04. The zero-order chi connectivity index (χ0) is 13.2. The topological polar surface area (TPSA) is 69.6 Å². The smallest absolute Gasteiger partial charge is 0.305 e. The van der Waals surface area contributed by atoms with Crippen LogP contribution in [0, 0.1) is 0 Å². The van der Waals surface area contributed by atoms with E-state index in [-0.39, 0.29) is 18.4 Å². The molecule has 0 aromatic carbocycles. The first kappa shape index (κ1) is 13.3. The van der Waals surface area contributed by atoms with E-state index >= 15 is 0 Å². The van der Waals surface area contributed by atoms with Gasteiger partial charge in [0.05, 0.1) is 12.0 Å². The molecule has 0 bridgehead atoms. The summed E-state index contributed by atoms with van der Waals surface area (Å²) in [7, 11) is 0. The Morgan fingerprint density at radius 1 is 1.44 bits per heavy atom. The average Bonchev–Trinajstić information content (AvgIpc) is 3.06. The Morgan fingerprint density at radius 2 is 2.17 bits per heavy atom. The minimum atomic E-state index is -0.835. The number of nitrogens with zero attached hydrogens (tertiary/aromatic N) is 1. The maximum atomic E-state index is 12.7. The van der Waals surface area contributed by atoms with Gasteiger partial charge in [0.15, 0.2) is 0 Å². The Morgan fingerprint density at radius 3 is 2.61 bits per heavy atom. The second-order valence-corrected chi connectivity index (χ2v) is 5.34. The van der Waals surface area contributed by atoms with Crippen LogP contribution >= 0.6 is 0 Å². The predicted molar refractivity (Wildman–Crippen MR) is 67.2 cm³/mol. The highest BCUT2D eigenvalue weighted by molar-refractivity contribution is 5.87. The number of carboxylic acids is 1. The molecular weight excluding hydrogens is 232 g/mol. The number of carbonyl (C=O) groups excluding carboxylic acids is 1. The highest BCUT2D eigenvalue weighted by Crippen LogP contribution is 2.32. The minimum Gasteiger partial charge on any atom is -0.481 e. The summed E-state index contributed by atoms with van der Waals surface area (Å²) in [5.41, 5.74) is -0.429. The van der Waals surface area contributed by atoms with E-state index in [1.54, 1.807) is 4.90 Å². The lowest BCUT2D eigenvalue weighted by atomic mass is 9.92. The predicted octanol–water partition coefficient (Wildman–Crippen LogP) is 0.984. The van der Waals surface area contributed by atoms with Crippen molar-refractivity contribution in [1.82, 2.24) is 10.2 Å².